The third kappa shape index (κ3) is 5.24. The van der Waals surface area contributed by atoms with Crippen LogP contribution in [-0.2, 0) is 0 Å². The van der Waals surface area contributed by atoms with Gasteiger partial charge in [-0.3, -0.25) is 15.1 Å². The molecule has 0 saturated heterocycles. The molecule has 9 nitrogen and oxygen atoms in total. The summed E-state index contributed by atoms with van der Waals surface area (Å²) < 4.78 is 7.15. The molecule has 0 radical (unpaired) electrons. The highest BCUT2D eigenvalue weighted by molar-refractivity contribution is 5.98. The number of methoxy groups -OCH3 is 1. The van der Waals surface area contributed by atoms with E-state index in [1.54, 1.807) is 23.9 Å². The fraction of sp³-hybridized carbons (Fsp3) is 0.200. The zero-order valence-corrected chi connectivity index (χ0v) is 22.3. The van der Waals surface area contributed by atoms with Crippen molar-refractivity contribution < 1.29 is 9.53 Å². The second kappa shape index (κ2) is 10.8. The van der Waals surface area contributed by atoms with Crippen LogP contribution in [0.4, 0.5) is 10.7 Å². The number of urea groups is 1. The Morgan fingerprint density at radius 1 is 1.08 bits per heavy atom. The van der Waals surface area contributed by atoms with Gasteiger partial charge in [0.15, 0.2) is 0 Å². The monoisotopic (exact) mass is 522 g/mol. The number of rotatable bonds is 7. The highest BCUT2D eigenvalue weighted by Gasteiger charge is 2.17. The predicted molar refractivity (Wildman–Crippen MR) is 153 cm³/mol. The molecule has 3 heterocycles. The first-order valence-corrected chi connectivity index (χ1v) is 12.8. The van der Waals surface area contributed by atoms with Gasteiger partial charge in [-0.15, -0.1) is 0 Å². The average Bonchev–Trinajstić information content (AvgIpc) is 3.34. The number of aromatic nitrogens is 4. The predicted octanol–water partition coefficient (Wildman–Crippen LogP) is 5.52. The van der Waals surface area contributed by atoms with E-state index in [4.69, 9.17) is 4.74 Å². The molecule has 2 aromatic carbocycles. The Bertz CT molecular complexity index is 1710. The Hall–Kier alpha value is -4.92. The summed E-state index contributed by atoms with van der Waals surface area (Å²) in [4.78, 5) is 37.9. The first kappa shape index (κ1) is 25.7. The van der Waals surface area contributed by atoms with Gasteiger partial charge in [-0.05, 0) is 79.9 Å². The lowest BCUT2D eigenvalue weighted by Gasteiger charge is -2.20. The second-order valence-corrected chi connectivity index (χ2v) is 9.25. The number of aryl methyl sites for hydroxylation is 1. The lowest BCUT2D eigenvalue weighted by atomic mass is 9.99. The minimum Gasteiger partial charge on any atom is -0.497 e. The van der Waals surface area contributed by atoms with Gasteiger partial charge >= 0.3 is 6.03 Å². The van der Waals surface area contributed by atoms with Crippen LogP contribution >= 0.6 is 0 Å². The molecule has 2 amide bonds. The van der Waals surface area contributed by atoms with E-state index in [0.717, 1.165) is 39.4 Å². The van der Waals surface area contributed by atoms with E-state index in [0.29, 0.717) is 23.5 Å². The minimum atomic E-state index is -0.347. The van der Waals surface area contributed by atoms with Crippen LogP contribution in [-0.4, -0.2) is 39.2 Å². The van der Waals surface area contributed by atoms with Crippen molar-refractivity contribution >= 4 is 23.0 Å². The molecule has 0 unspecified atom stereocenters. The van der Waals surface area contributed by atoms with Crippen LogP contribution in [0.5, 0.6) is 5.75 Å². The molecular weight excluding hydrogens is 492 g/mol. The summed E-state index contributed by atoms with van der Waals surface area (Å²) in [7, 11) is 1.63. The summed E-state index contributed by atoms with van der Waals surface area (Å²) in [6.07, 6.45) is 1.72. The standard InChI is InChI=1S/C30H30N6O3/c1-5-31-30(38)35-29-33-26-16-22(15-24(28(26)34-29)25-11-6-7-12-32-25)21-13-18(2)36(27(37)17-21)19(3)20-9-8-10-23(14-20)39-4/h6-17,19H,5H2,1-4H3,(H3,31,33,34,35,38)/t19-/m0/s1. The van der Waals surface area contributed by atoms with Gasteiger partial charge in [-0.1, -0.05) is 18.2 Å². The molecule has 198 valence electrons. The molecule has 0 aliphatic heterocycles. The number of anilines is 1. The smallest absolute Gasteiger partial charge is 0.321 e. The Morgan fingerprint density at radius 3 is 2.62 bits per heavy atom. The van der Waals surface area contributed by atoms with Gasteiger partial charge in [0.2, 0.25) is 5.95 Å². The molecule has 5 rings (SSSR count). The van der Waals surface area contributed by atoms with Crippen molar-refractivity contribution in [2.75, 3.05) is 19.0 Å². The van der Waals surface area contributed by atoms with Gasteiger partial charge in [0.25, 0.3) is 5.56 Å². The van der Waals surface area contributed by atoms with Crippen LogP contribution in [0.3, 0.4) is 0 Å². The number of amides is 2. The molecule has 0 fully saturated rings. The number of fused-ring (bicyclic) bond motifs is 1. The topological polar surface area (TPSA) is 114 Å². The number of nitrogens with zero attached hydrogens (tertiary/aromatic N) is 3. The number of H-pyrrole nitrogens is 1. The van der Waals surface area contributed by atoms with Crippen LogP contribution < -0.4 is 20.9 Å². The van der Waals surface area contributed by atoms with Crippen molar-refractivity contribution in [3.8, 4) is 28.1 Å². The molecule has 9 heteroatoms. The fourth-order valence-electron chi connectivity index (χ4n) is 4.80. The van der Waals surface area contributed by atoms with Crippen molar-refractivity contribution in [1.82, 2.24) is 24.8 Å². The van der Waals surface area contributed by atoms with Crippen LogP contribution in [0.2, 0.25) is 0 Å². The van der Waals surface area contributed by atoms with Gasteiger partial charge in [0, 0.05) is 30.1 Å². The lowest BCUT2D eigenvalue weighted by Crippen LogP contribution is -2.28. The second-order valence-electron chi connectivity index (χ2n) is 9.25. The number of aromatic amines is 1. The summed E-state index contributed by atoms with van der Waals surface area (Å²) in [6.45, 7) is 6.28. The largest absolute Gasteiger partial charge is 0.497 e. The maximum Gasteiger partial charge on any atom is 0.321 e. The van der Waals surface area contributed by atoms with Crippen molar-refractivity contribution in [1.29, 1.82) is 0 Å². The zero-order chi connectivity index (χ0) is 27.5. The average molecular weight is 523 g/mol. The van der Waals surface area contributed by atoms with Gasteiger partial charge in [-0.25, -0.2) is 9.78 Å². The van der Waals surface area contributed by atoms with Crippen LogP contribution in [0.25, 0.3) is 33.4 Å². The molecule has 39 heavy (non-hydrogen) atoms. The number of ether oxygens (including phenoxy) is 1. The molecule has 0 aliphatic rings. The van der Waals surface area contributed by atoms with E-state index in [2.05, 4.69) is 25.6 Å². The van der Waals surface area contributed by atoms with E-state index >= 15 is 0 Å². The normalized spacial score (nSPS) is 11.8. The number of nitrogens with one attached hydrogen (secondary N) is 3. The number of hydrogen-bond acceptors (Lipinski definition) is 5. The van der Waals surface area contributed by atoms with Crippen LogP contribution in [0.1, 0.15) is 31.1 Å². The van der Waals surface area contributed by atoms with E-state index in [1.165, 1.54) is 0 Å². The third-order valence-corrected chi connectivity index (χ3v) is 6.65. The fourth-order valence-corrected chi connectivity index (χ4v) is 4.80. The molecule has 0 bridgehead atoms. The molecule has 3 N–H and O–H groups in total. The summed E-state index contributed by atoms with van der Waals surface area (Å²) >= 11 is 0. The van der Waals surface area contributed by atoms with Crippen LogP contribution in [0.15, 0.2) is 77.7 Å². The van der Waals surface area contributed by atoms with E-state index in [9.17, 15) is 9.59 Å². The number of pyridine rings is 2. The Morgan fingerprint density at radius 2 is 1.90 bits per heavy atom. The Labute approximate surface area is 225 Å². The highest BCUT2D eigenvalue weighted by atomic mass is 16.5. The quantitative estimate of drug-likeness (QED) is 0.260. The molecule has 1 atom stereocenters. The van der Waals surface area contributed by atoms with Gasteiger partial charge in [0.1, 0.15) is 5.75 Å². The molecule has 0 aliphatic carbocycles. The number of benzene rings is 2. The lowest BCUT2D eigenvalue weighted by molar-refractivity contribution is 0.252. The zero-order valence-electron chi connectivity index (χ0n) is 22.3. The van der Waals surface area contributed by atoms with Crippen molar-refractivity contribution in [3.63, 3.8) is 0 Å². The maximum absolute atomic E-state index is 13.5. The Kier molecular flexibility index (Phi) is 7.14. The van der Waals surface area contributed by atoms with E-state index in [1.807, 2.05) is 81.4 Å². The first-order valence-electron chi connectivity index (χ1n) is 12.8. The summed E-state index contributed by atoms with van der Waals surface area (Å²) in [5.41, 5.74) is 6.21. The van der Waals surface area contributed by atoms with E-state index < -0.39 is 0 Å². The molecule has 3 aromatic heterocycles. The number of hydrogen-bond donors (Lipinski definition) is 3. The SMILES string of the molecule is CCNC(=O)Nc1nc2c(-c3ccccn3)cc(-c3cc(C)n([C@@H](C)c4cccc(OC)c4)c(=O)c3)cc2[nH]1. The summed E-state index contributed by atoms with van der Waals surface area (Å²) in [6, 6.07) is 20.5. The Balaban J connectivity index is 1.60. The number of imidazole rings is 1. The first-order chi connectivity index (χ1) is 18.9. The van der Waals surface area contributed by atoms with Crippen LogP contribution in [0, 0.1) is 6.92 Å². The maximum atomic E-state index is 13.5. The molecule has 5 aromatic rings. The highest BCUT2D eigenvalue weighted by Crippen LogP contribution is 2.33. The summed E-state index contributed by atoms with van der Waals surface area (Å²) in [5, 5.41) is 5.43. The molecular formula is C30H30N6O3. The van der Waals surface area contributed by atoms with Crippen molar-refractivity contribution in [2.24, 2.45) is 0 Å². The molecule has 0 saturated carbocycles. The number of carbonyl (C=O) groups is 1. The third-order valence-electron chi connectivity index (χ3n) is 6.65. The number of carbonyl (C=O) groups excluding carboxylic acids is 1. The minimum absolute atomic E-state index is 0.108. The van der Waals surface area contributed by atoms with Crippen molar-refractivity contribution in [3.05, 3.63) is 94.5 Å². The van der Waals surface area contributed by atoms with Crippen molar-refractivity contribution in [2.45, 2.75) is 26.8 Å². The van der Waals surface area contributed by atoms with Gasteiger partial charge in [-0.2, -0.15) is 0 Å². The summed E-state index contributed by atoms with van der Waals surface area (Å²) in [5.74, 6) is 1.07. The van der Waals surface area contributed by atoms with Gasteiger partial charge in [0.05, 0.1) is 29.9 Å². The van der Waals surface area contributed by atoms with E-state index in [-0.39, 0.29) is 17.6 Å². The molecule has 0 spiro atoms. The van der Waals surface area contributed by atoms with Gasteiger partial charge < -0.3 is 19.6 Å².